The fraction of sp³-hybridized carbons (Fsp3) is 0.100. The molecule has 0 radical (unpaired) electrons. The van der Waals surface area contributed by atoms with Gasteiger partial charge in [-0.1, -0.05) is 109 Å². The highest BCUT2D eigenvalue weighted by atomic mass is 16.4. The van der Waals surface area contributed by atoms with Crippen molar-refractivity contribution in [1.82, 2.24) is 4.57 Å². The molecular weight excluding hydrogens is 420 g/mol. The minimum absolute atomic E-state index is 0.0546. The zero-order chi connectivity index (χ0) is 23.3. The fourth-order valence-electron chi connectivity index (χ4n) is 4.59. The molecule has 0 spiro atoms. The maximum Gasteiger partial charge on any atom is 0.307 e. The van der Waals surface area contributed by atoms with Crippen LogP contribution in [0.4, 0.5) is 5.82 Å². The minimum Gasteiger partial charge on any atom is -0.481 e. The topological polar surface area (TPSA) is 54.3 Å². The van der Waals surface area contributed by atoms with Crippen LogP contribution in [-0.4, -0.2) is 15.6 Å². The van der Waals surface area contributed by atoms with Crippen LogP contribution in [-0.2, 0) is 17.8 Å². The van der Waals surface area contributed by atoms with E-state index in [4.69, 9.17) is 0 Å². The number of carbonyl (C=O) groups is 1. The van der Waals surface area contributed by atoms with Crippen molar-refractivity contribution in [1.29, 1.82) is 0 Å². The number of hydrogen-bond donors (Lipinski definition) is 2. The van der Waals surface area contributed by atoms with E-state index in [0.717, 1.165) is 39.0 Å². The first-order valence-electron chi connectivity index (χ1n) is 11.4. The molecule has 0 aliphatic heterocycles. The predicted octanol–water partition coefficient (Wildman–Crippen LogP) is 6.52. The van der Waals surface area contributed by atoms with Crippen molar-refractivity contribution in [3.63, 3.8) is 0 Å². The lowest BCUT2D eigenvalue weighted by molar-refractivity contribution is -0.136. The van der Waals surface area contributed by atoms with E-state index in [1.165, 1.54) is 0 Å². The monoisotopic (exact) mass is 446 g/mol. The lowest BCUT2D eigenvalue weighted by Crippen LogP contribution is -2.17. The molecule has 0 saturated heterocycles. The van der Waals surface area contributed by atoms with Gasteiger partial charge in [0.25, 0.3) is 0 Å². The Labute approximate surface area is 199 Å². The molecule has 1 heterocycles. The van der Waals surface area contributed by atoms with E-state index in [-0.39, 0.29) is 12.5 Å². The molecule has 1 aromatic heterocycles. The Balaban J connectivity index is 1.70. The van der Waals surface area contributed by atoms with Crippen molar-refractivity contribution in [2.75, 3.05) is 5.32 Å². The number of carboxylic acid groups (broad SMARTS) is 1. The molecule has 4 aromatic carbocycles. The number of aliphatic carboxylic acids is 1. The molecule has 0 aliphatic rings. The summed E-state index contributed by atoms with van der Waals surface area (Å²) < 4.78 is 2.21. The summed E-state index contributed by atoms with van der Waals surface area (Å²) in [4.78, 5) is 11.9. The molecule has 0 atom stereocenters. The summed E-state index contributed by atoms with van der Waals surface area (Å²) in [5.74, 6) is -0.00760. The summed E-state index contributed by atoms with van der Waals surface area (Å²) >= 11 is 0. The summed E-state index contributed by atoms with van der Waals surface area (Å²) in [6.07, 6.45) is -0.0546. The van der Waals surface area contributed by atoms with Crippen LogP contribution in [0.25, 0.3) is 10.9 Å². The number of nitrogens with one attached hydrogen (secondary N) is 1. The molecule has 5 aromatic rings. The van der Waals surface area contributed by atoms with Crippen molar-refractivity contribution in [2.45, 2.75) is 19.0 Å². The van der Waals surface area contributed by atoms with E-state index in [1.807, 2.05) is 72.8 Å². The Morgan fingerprint density at radius 2 is 1.26 bits per heavy atom. The Hall–Kier alpha value is -4.31. The van der Waals surface area contributed by atoms with Gasteiger partial charge in [0, 0.05) is 17.5 Å². The quantitative estimate of drug-likeness (QED) is 0.285. The second kappa shape index (κ2) is 9.67. The van der Waals surface area contributed by atoms with Crippen molar-refractivity contribution in [3.05, 3.63) is 138 Å². The van der Waals surface area contributed by atoms with Gasteiger partial charge in [-0.25, -0.2) is 0 Å². The first-order chi connectivity index (χ1) is 16.7. The summed E-state index contributed by atoms with van der Waals surface area (Å²) in [5, 5.41) is 14.5. The van der Waals surface area contributed by atoms with Gasteiger partial charge < -0.3 is 15.0 Å². The lowest BCUT2D eigenvalue weighted by atomic mass is 9.98. The van der Waals surface area contributed by atoms with Crippen LogP contribution in [0.3, 0.4) is 0 Å². The largest absolute Gasteiger partial charge is 0.481 e. The highest BCUT2D eigenvalue weighted by molar-refractivity contribution is 5.93. The van der Waals surface area contributed by atoms with Crippen LogP contribution >= 0.6 is 0 Å². The third-order valence-electron chi connectivity index (χ3n) is 6.13. The van der Waals surface area contributed by atoms with Crippen LogP contribution in [0.2, 0.25) is 0 Å². The Bertz CT molecular complexity index is 1350. The molecule has 0 bridgehead atoms. The molecule has 2 N–H and O–H groups in total. The molecule has 0 unspecified atom stereocenters. The van der Waals surface area contributed by atoms with Crippen molar-refractivity contribution in [2.24, 2.45) is 0 Å². The molecule has 34 heavy (non-hydrogen) atoms. The molecule has 0 aliphatic carbocycles. The average molecular weight is 447 g/mol. The zero-order valence-electron chi connectivity index (χ0n) is 18.8. The second-order valence-corrected chi connectivity index (χ2v) is 8.39. The number of aromatic nitrogens is 1. The Kier molecular flexibility index (Phi) is 6.13. The maximum absolute atomic E-state index is 11.9. The molecule has 168 valence electrons. The van der Waals surface area contributed by atoms with Gasteiger partial charge in [0.15, 0.2) is 0 Å². The van der Waals surface area contributed by atoms with E-state index in [0.29, 0.717) is 6.54 Å². The SMILES string of the molecule is O=C(O)Cc1c(NC(c2ccccc2)c2ccccc2)n(Cc2ccccc2)c2ccccc12. The molecular formula is C30H26N2O2. The number of benzene rings is 4. The first kappa shape index (κ1) is 21.5. The summed E-state index contributed by atoms with van der Waals surface area (Å²) in [5.41, 5.74) is 5.21. The van der Waals surface area contributed by atoms with Gasteiger partial charge in [-0.05, 0) is 22.8 Å². The van der Waals surface area contributed by atoms with Crippen LogP contribution < -0.4 is 5.32 Å². The molecule has 4 nitrogen and oxygen atoms in total. The third-order valence-corrected chi connectivity index (χ3v) is 6.13. The van der Waals surface area contributed by atoms with Gasteiger partial charge in [-0.2, -0.15) is 0 Å². The smallest absolute Gasteiger partial charge is 0.307 e. The fourth-order valence-corrected chi connectivity index (χ4v) is 4.59. The van der Waals surface area contributed by atoms with Crippen molar-refractivity contribution < 1.29 is 9.90 Å². The number of hydrogen-bond acceptors (Lipinski definition) is 2. The minimum atomic E-state index is -0.846. The average Bonchev–Trinajstić information content (AvgIpc) is 3.16. The number of carboxylic acids is 1. The Morgan fingerprint density at radius 1 is 0.735 bits per heavy atom. The zero-order valence-corrected chi connectivity index (χ0v) is 18.8. The molecule has 5 rings (SSSR count). The normalized spacial score (nSPS) is 11.1. The number of anilines is 1. The number of nitrogens with zero attached hydrogens (tertiary/aromatic N) is 1. The van der Waals surface area contributed by atoms with Crippen LogP contribution in [0, 0.1) is 0 Å². The highest BCUT2D eigenvalue weighted by Crippen LogP contribution is 2.36. The molecule has 0 fully saturated rings. The van der Waals surface area contributed by atoms with Gasteiger partial charge in [-0.3, -0.25) is 4.79 Å². The molecule has 0 amide bonds. The van der Waals surface area contributed by atoms with Gasteiger partial charge in [-0.15, -0.1) is 0 Å². The number of fused-ring (bicyclic) bond motifs is 1. The van der Waals surface area contributed by atoms with Crippen LogP contribution in [0.5, 0.6) is 0 Å². The molecule has 0 saturated carbocycles. The number of rotatable bonds is 8. The van der Waals surface area contributed by atoms with Crippen molar-refractivity contribution >= 4 is 22.7 Å². The highest BCUT2D eigenvalue weighted by Gasteiger charge is 2.23. The van der Waals surface area contributed by atoms with E-state index >= 15 is 0 Å². The van der Waals surface area contributed by atoms with E-state index in [1.54, 1.807) is 0 Å². The van der Waals surface area contributed by atoms with Gasteiger partial charge in [0.1, 0.15) is 5.82 Å². The second-order valence-electron chi connectivity index (χ2n) is 8.39. The summed E-state index contributed by atoms with van der Waals surface area (Å²) in [6, 6.07) is 38.7. The first-order valence-corrected chi connectivity index (χ1v) is 11.4. The van der Waals surface area contributed by atoms with Crippen LogP contribution in [0.1, 0.15) is 28.3 Å². The summed E-state index contributed by atoms with van der Waals surface area (Å²) in [7, 11) is 0. The van der Waals surface area contributed by atoms with Crippen molar-refractivity contribution in [3.8, 4) is 0 Å². The predicted molar refractivity (Wildman–Crippen MR) is 137 cm³/mol. The van der Waals surface area contributed by atoms with E-state index in [2.05, 4.69) is 52.3 Å². The third kappa shape index (κ3) is 4.44. The lowest BCUT2D eigenvalue weighted by Gasteiger charge is -2.24. The standard InChI is InChI=1S/C30H26N2O2/c33-28(34)20-26-25-18-10-11-19-27(25)32(21-22-12-4-1-5-13-22)30(26)31-29(23-14-6-2-7-15-23)24-16-8-3-9-17-24/h1-19,29,31H,20-21H2,(H,33,34). The van der Waals surface area contributed by atoms with Gasteiger partial charge >= 0.3 is 5.97 Å². The van der Waals surface area contributed by atoms with Crippen LogP contribution in [0.15, 0.2) is 115 Å². The van der Waals surface area contributed by atoms with Gasteiger partial charge in [0.2, 0.25) is 0 Å². The molecule has 4 heteroatoms. The number of para-hydroxylation sites is 1. The van der Waals surface area contributed by atoms with E-state index in [9.17, 15) is 9.90 Å². The maximum atomic E-state index is 11.9. The Morgan fingerprint density at radius 3 is 1.85 bits per heavy atom. The summed E-state index contributed by atoms with van der Waals surface area (Å²) in [6.45, 7) is 0.638. The van der Waals surface area contributed by atoms with Gasteiger partial charge in [0.05, 0.1) is 18.0 Å². The van der Waals surface area contributed by atoms with E-state index < -0.39 is 5.97 Å².